The fourth-order valence-electron chi connectivity index (χ4n) is 2.72. The van der Waals surface area contributed by atoms with Crippen LogP contribution in [0, 0.1) is 6.92 Å². The maximum Gasteiger partial charge on any atom is 0.191 e. The number of aryl methyl sites for hydroxylation is 1. The lowest BCUT2D eigenvalue weighted by Crippen LogP contribution is -2.28. The molecule has 1 saturated heterocycles. The summed E-state index contributed by atoms with van der Waals surface area (Å²) in [5.41, 5.74) is 1.89. The zero-order valence-corrected chi connectivity index (χ0v) is 14.2. The van der Waals surface area contributed by atoms with Gasteiger partial charge in [-0.15, -0.1) is 16.8 Å². The van der Waals surface area contributed by atoms with Crippen LogP contribution < -0.4 is 5.32 Å². The highest BCUT2D eigenvalue weighted by molar-refractivity contribution is 7.98. The second-order valence-electron chi connectivity index (χ2n) is 5.70. The van der Waals surface area contributed by atoms with Crippen molar-refractivity contribution in [3.63, 3.8) is 0 Å². The second-order valence-corrected chi connectivity index (χ2v) is 6.64. The number of aromatic nitrogens is 5. The summed E-state index contributed by atoms with van der Waals surface area (Å²) >= 11 is 1.65. The second kappa shape index (κ2) is 7.70. The van der Waals surface area contributed by atoms with Crippen LogP contribution in [-0.2, 0) is 12.3 Å². The molecule has 0 aromatic carbocycles. The van der Waals surface area contributed by atoms with Crippen molar-refractivity contribution < 1.29 is 0 Å². The van der Waals surface area contributed by atoms with Crippen LogP contribution in [0.4, 0.5) is 0 Å². The van der Waals surface area contributed by atoms with Crippen LogP contribution in [0.5, 0.6) is 0 Å². The van der Waals surface area contributed by atoms with Crippen molar-refractivity contribution in [1.29, 1.82) is 0 Å². The van der Waals surface area contributed by atoms with Crippen LogP contribution >= 0.6 is 11.8 Å². The molecule has 0 aliphatic carbocycles. The lowest BCUT2D eigenvalue weighted by Gasteiger charge is -2.22. The van der Waals surface area contributed by atoms with Crippen molar-refractivity contribution in [2.24, 2.45) is 0 Å². The molecule has 6 nitrogen and oxygen atoms in total. The smallest absolute Gasteiger partial charge is 0.191 e. The van der Waals surface area contributed by atoms with Crippen molar-refractivity contribution in [3.05, 3.63) is 42.3 Å². The van der Waals surface area contributed by atoms with Gasteiger partial charge in [-0.1, -0.05) is 17.8 Å². The van der Waals surface area contributed by atoms with Gasteiger partial charge in [-0.05, 0) is 32.9 Å². The average molecular weight is 330 g/mol. The van der Waals surface area contributed by atoms with E-state index in [1.54, 1.807) is 18.0 Å². The SMILES string of the molecule is C=CCn1c(SCc2cnc(C)cn2)nnc1C1CCNCC1. The molecule has 0 saturated carbocycles. The number of allylic oxidation sites excluding steroid dienone is 1. The lowest BCUT2D eigenvalue weighted by atomic mass is 9.97. The molecule has 0 amide bonds. The van der Waals surface area contributed by atoms with E-state index in [9.17, 15) is 0 Å². The molecule has 7 heteroatoms. The molecule has 2 aromatic heterocycles. The van der Waals surface area contributed by atoms with Gasteiger partial charge >= 0.3 is 0 Å². The van der Waals surface area contributed by atoms with Crippen molar-refractivity contribution in [3.8, 4) is 0 Å². The van der Waals surface area contributed by atoms with Crippen molar-refractivity contribution in [1.82, 2.24) is 30.0 Å². The largest absolute Gasteiger partial charge is 0.317 e. The molecule has 0 radical (unpaired) electrons. The monoisotopic (exact) mass is 330 g/mol. The van der Waals surface area contributed by atoms with E-state index in [-0.39, 0.29) is 0 Å². The van der Waals surface area contributed by atoms with E-state index in [2.05, 4.69) is 36.6 Å². The quantitative estimate of drug-likeness (QED) is 0.647. The summed E-state index contributed by atoms with van der Waals surface area (Å²) in [5.74, 6) is 2.32. The summed E-state index contributed by atoms with van der Waals surface area (Å²) in [6.07, 6.45) is 7.76. The number of hydrogen-bond acceptors (Lipinski definition) is 6. The van der Waals surface area contributed by atoms with E-state index in [0.29, 0.717) is 5.92 Å². The first-order valence-corrected chi connectivity index (χ1v) is 8.91. The van der Waals surface area contributed by atoms with Crippen LogP contribution in [0.15, 0.2) is 30.2 Å². The molecular weight excluding hydrogens is 308 g/mol. The Morgan fingerprint density at radius 3 is 2.83 bits per heavy atom. The zero-order valence-electron chi connectivity index (χ0n) is 13.4. The van der Waals surface area contributed by atoms with E-state index in [4.69, 9.17) is 0 Å². The highest BCUT2D eigenvalue weighted by Gasteiger charge is 2.22. The Bertz CT molecular complexity index is 645. The van der Waals surface area contributed by atoms with E-state index < -0.39 is 0 Å². The van der Waals surface area contributed by atoms with E-state index in [1.165, 1.54) is 0 Å². The number of rotatable bonds is 6. The first kappa shape index (κ1) is 16.1. The lowest BCUT2D eigenvalue weighted by molar-refractivity contribution is 0.431. The van der Waals surface area contributed by atoms with Gasteiger partial charge in [0.25, 0.3) is 0 Å². The summed E-state index contributed by atoms with van der Waals surface area (Å²) in [7, 11) is 0. The Morgan fingerprint density at radius 1 is 1.30 bits per heavy atom. The number of piperidine rings is 1. The van der Waals surface area contributed by atoms with Gasteiger partial charge in [-0.25, -0.2) is 0 Å². The predicted molar refractivity (Wildman–Crippen MR) is 91.4 cm³/mol. The van der Waals surface area contributed by atoms with Crippen molar-refractivity contribution >= 4 is 11.8 Å². The van der Waals surface area contributed by atoms with Gasteiger partial charge in [0.1, 0.15) is 5.82 Å². The van der Waals surface area contributed by atoms with Gasteiger partial charge in [0.15, 0.2) is 5.16 Å². The summed E-state index contributed by atoms with van der Waals surface area (Å²) in [6, 6.07) is 0. The molecule has 1 N–H and O–H groups in total. The topological polar surface area (TPSA) is 68.5 Å². The Labute approximate surface area is 140 Å². The summed E-state index contributed by atoms with van der Waals surface area (Å²) in [5, 5.41) is 13.2. The normalized spacial score (nSPS) is 15.7. The third-order valence-corrected chi connectivity index (χ3v) is 4.95. The Kier molecular flexibility index (Phi) is 5.40. The third-order valence-electron chi connectivity index (χ3n) is 3.94. The molecule has 2 aromatic rings. The molecule has 122 valence electrons. The fourth-order valence-corrected chi connectivity index (χ4v) is 3.57. The Morgan fingerprint density at radius 2 is 2.13 bits per heavy atom. The standard InChI is InChI=1S/C16H22N6S/c1-3-8-22-15(13-4-6-17-7-5-13)20-21-16(22)23-11-14-10-18-12(2)9-19-14/h3,9-10,13,17H,1,4-8,11H2,2H3. The van der Waals surface area contributed by atoms with Crippen LogP contribution in [0.3, 0.4) is 0 Å². The zero-order chi connectivity index (χ0) is 16.1. The minimum Gasteiger partial charge on any atom is -0.317 e. The Hall–Kier alpha value is -1.73. The van der Waals surface area contributed by atoms with Gasteiger partial charge < -0.3 is 9.88 Å². The molecule has 1 aliphatic heterocycles. The van der Waals surface area contributed by atoms with Gasteiger partial charge in [0.05, 0.1) is 11.4 Å². The summed E-state index contributed by atoms with van der Waals surface area (Å²) < 4.78 is 2.19. The van der Waals surface area contributed by atoms with Gasteiger partial charge in [-0.2, -0.15) is 0 Å². The summed E-state index contributed by atoms with van der Waals surface area (Å²) in [6.45, 7) is 8.65. The molecule has 1 fully saturated rings. The fraction of sp³-hybridized carbons (Fsp3) is 0.500. The highest BCUT2D eigenvalue weighted by Crippen LogP contribution is 2.28. The minimum atomic E-state index is 0.484. The maximum absolute atomic E-state index is 4.47. The van der Waals surface area contributed by atoms with Gasteiger partial charge in [0.2, 0.25) is 0 Å². The minimum absolute atomic E-state index is 0.484. The molecule has 1 aliphatic rings. The van der Waals surface area contributed by atoms with E-state index >= 15 is 0 Å². The number of thioether (sulfide) groups is 1. The molecular formula is C16H22N6S. The first-order valence-electron chi connectivity index (χ1n) is 7.93. The number of nitrogens with one attached hydrogen (secondary N) is 1. The maximum atomic E-state index is 4.47. The number of hydrogen-bond donors (Lipinski definition) is 1. The van der Waals surface area contributed by atoms with Gasteiger partial charge in [0, 0.05) is 30.6 Å². The van der Waals surface area contributed by atoms with Crippen molar-refractivity contribution in [2.45, 2.75) is 43.1 Å². The van der Waals surface area contributed by atoms with Gasteiger partial charge in [-0.3, -0.25) is 9.97 Å². The predicted octanol–water partition coefficient (Wildman–Crippen LogP) is 2.32. The van der Waals surface area contributed by atoms with E-state index in [1.807, 2.05) is 19.2 Å². The molecule has 3 heterocycles. The molecule has 0 bridgehead atoms. The van der Waals surface area contributed by atoms with Crippen LogP contribution in [0.2, 0.25) is 0 Å². The van der Waals surface area contributed by atoms with Crippen LogP contribution in [-0.4, -0.2) is 37.8 Å². The third kappa shape index (κ3) is 3.97. The molecule has 0 atom stereocenters. The summed E-state index contributed by atoms with van der Waals surface area (Å²) in [4.78, 5) is 8.68. The van der Waals surface area contributed by atoms with Crippen molar-refractivity contribution in [2.75, 3.05) is 13.1 Å². The Balaban J connectivity index is 1.74. The molecule has 0 unspecified atom stereocenters. The average Bonchev–Trinajstić information content (AvgIpc) is 2.98. The molecule has 23 heavy (non-hydrogen) atoms. The van der Waals surface area contributed by atoms with E-state index in [0.717, 1.165) is 60.6 Å². The first-order chi connectivity index (χ1) is 11.3. The molecule has 0 spiro atoms. The number of nitrogens with zero attached hydrogens (tertiary/aromatic N) is 5. The van der Waals surface area contributed by atoms with Crippen LogP contribution in [0.25, 0.3) is 0 Å². The molecule has 3 rings (SSSR count). The highest BCUT2D eigenvalue weighted by atomic mass is 32.2. The van der Waals surface area contributed by atoms with Crippen LogP contribution in [0.1, 0.15) is 36.0 Å².